The maximum Gasteiger partial charge on any atom is 0.119 e. The maximum absolute atomic E-state index is 10.0. The van der Waals surface area contributed by atoms with Gasteiger partial charge in [-0.25, -0.2) is 0 Å². The fourth-order valence-electron chi connectivity index (χ4n) is 2.88. The van der Waals surface area contributed by atoms with Gasteiger partial charge in [-0.2, -0.15) is 0 Å². The van der Waals surface area contributed by atoms with Crippen LogP contribution in [0.3, 0.4) is 0 Å². The number of phenolic OH excluding ortho intramolecular Hbond substituents is 1. The van der Waals surface area contributed by atoms with Crippen molar-refractivity contribution < 1.29 is 5.11 Å². The van der Waals surface area contributed by atoms with Gasteiger partial charge in [0.25, 0.3) is 0 Å². The second kappa shape index (κ2) is 4.26. The van der Waals surface area contributed by atoms with Crippen LogP contribution < -0.4 is 0 Å². The van der Waals surface area contributed by atoms with E-state index in [1.807, 2.05) is 13.0 Å². The zero-order chi connectivity index (χ0) is 10.8. The molecular weight excluding hydrogens is 184 g/mol. The van der Waals surface area contributed by atoms with E-state index in [0.29, 0.717) is 11.7 Å². The average molecular weight is 204 g/mol. The number of hydrogen-bond donors (Lipinski definition) is 1. The highest BCUT2D eigenvalue weighted by Gasteiger charge is 2.20. The summed E-state index contributed by atoms with van der Waals surface area (Å²) in [6.45, 7) is 4.16. The Morgan fingerprint density at radius 1 is 1.07 bits per heavy atom. The van der Waals surface area contributed by atoms with Crippen molar-refractivity contribution in [1.29, 1.82) is 0 Å². The van der Waals surface area contributed by atoms with Crippen LogP contribution in [0.5, 0.6) is 5.75 Å². The first kappa shape index (κ1) is 10.5. The summed E-state index contributed by atoms with van der Waals surface area (Å²) in [6, 6.07) is 4.08. The largest absolute Gasteiger partial charge is 0.508 e. The number of benzene rings is 1. The summed E-state index contributed by atoms with van der Waals surface area (Å²) in [4.78, 5) is 0. The lowest BCUT2D eigenvalue weighted by Crippen LogP contribution is -2.06. The standard InChI is InChI=1S/C14H20O/c1-10-8-11(2)14(13(15)9-10)12-6-4-3-5-7-12/h8-9,12,15H,3-7H2,1-2H3. The van der Waals surface area contributed by atoms with Crippen LogP contribution in [0.4, 0.5) is 0 Å². The lowest BCUT2D eigenvalue weighted by molar-refractivity contribution is 0.412. The molecule has 0 aromatic heterocycles. The monoisotopic (exact) mass is 204 g/mol. The van der Waals surface area contributed by atoms with Crippen molar-refractivity contribution in [3.05, 3.63) is 28.8 Å². The van der Waals surface area contributed by atoms with Crippen LogP contribution in [0.15, 0.2) is 12.1 Å². The molecule has 0 radical (unpaired) electrons. The number of hydrogen-bond acceptors (Lipinski definition) is 1. The van der Waals surface area contributed by atoms with Crippen molar-refractivity contribution in [3.63, 3.8) is 0 Å². The number of rotatable bonds is 1. The number of phenols is 1. The van der Waals surface area contributed by atoms with E-state index in [9.17, 15) is 5.11 Å². The Bertz CT molecular complexity index is 325. The van der Waals surface area contributed by atoms with E-state index in [4.69, 9.17) is 0 Å². The number of aryl methyl sites for hydroxylation is 2. The Balaban J connectivity index is 2.33. The van der Waals surface area contributed by atoms with Crippen LogP contribution in [0.1, 0.15) is 54.7 Å². The van der Waals surface area contributed by atoms with Crippen LogP contribution >= 0.6 is 0 Å². The van der Waals surface area contributed by atoms with Gasteiger partial charge in [0.1, 0.15) is 5.75 Å². The van der Waals surface area contributed by atoms with Gasteiger partial charge in [0.15, 0.2) is 0 Å². The van der Waals surface area contributed by atoms with Crippen LogP contribution in [0, 0.1) is 13.8 Å². The van der Waals surface area contributed by atoms with Crippen LogP contribution in [-0.4, -0.2) is 5.11 Å². The van der Waals surface area contributed by atoms with Gasteiger partial charge in [0.05, 0.1) is 0 Å². The summed E-state index contributed by atoms with van der Waals surface area (Å²) in [5.41, 5.74) is 3.63. The molecule has 1 aromatic rings. The van der Waals surface area contributed by atoms with Gasteiger partial charge in [0, 0.05) is 0 Å². The van der Waals surface area contributed by atoms with E-state index in [0.717, 1.165) is 5.56 Å². The maximum atomic E-state index is 10.0. The van der Waals surface area contributed by atoms with Gasteiger partial charge in [-0.3, -0.25) is 0 Å². The fourth-order valence-corrected chi connectivity index (χ4v) is 2.88. The molecule has 0 heterocycles. The minimum Gasteiger partial charge on any atom is -0.508 e. The normalized spacial score (nSPS) is 18.0. The van der Waals surface area contributed by atoms with Gasteiger partial charge in [-0.05, 0) is 55.4 Å². The third-order valence-corrected chi connectivity index (χ3v) is 3.52. The lowest BCUT2D eigenvalue weighted by atomic mass is 9.81. The molecule has 1 fully saturated rings. The Morgan fingerprint density at radius 2 is 1.73 bits per heavy atom. The van der Waals surface area contributed by atoms with E-state index in [2.05, 4.69) is 13.0 Å². The van der Waals surface area contributed by atoms with E-state index in [1.54, 1.807) is 0 Å². The molecule has 1 saturated carbocycles. The molecule has 1 aliphatic rings. The molecule has 1 aliphatic carbocycles. The zero-order valence-corrected chi connectivity index (χ0v) is 9.71. The Morgan fingerprint density at radius 3 is 2.33 bits per heavy atom. The molecule has 15 heavy (non-hydrogen) atoms. The van der Waals surface area contributed by atoms with E-state index in [1.165, 1.54) is 43.2 Å². The third-order valence-electron chi connectivity index (χ3n) is 3.52. The summed E-state index contributed by atoms with van der Waals surface area (Å²) in [5, 5.41) is 10.0. The predicted molar refractivity (Wildman–Crippen MR) is 63.4 cm³/mol. The molecule has 82 valence electrons. The molecule has 0 bridgehead atoms. The van der Waals surface area contributed by atoms with Crippen molar-refractivity contribution in [2.45, 2.75) is 51.9 Å². The first-order valence-corrected chi connectivity index (χ1v) is 5.98. The topological polar surface area (TPSA) is 20.2 Å². The first-order chi connectivity index (χ1) is 7.18. The van der Waals surface area contributed by atoms with Crippen LogP contribution in [0.25, 0.3) is 0 Å². The summed E-state index contributed by atoms with van der Waals surface area (Å²) < 4.78 is 0. The third kappa shape index (κ3) is 2.17. The summed E-state index contributed by atoms with van der Waals surface area (Å²) in [6.07, 6.45) is 6.49. The summed E-state index contributed by atoms with van der Waals surface area (Å²) in [7, 11) is 0. The molecule has 0 aliphatic heterocycles. The van der Waals surface area contributed by atoms with Gasteiger partial charge in [-0.15, -0.1) is 0 Å². The van der Waals surface area contributed by atoms with Gasteiger partial charge in [0.2, 0.25) is 0 Å². The summed E-state index contributed by atoms with van der Waals surface area (Å²) in [5.74, 6) is 1.11. The minimum absolute atomic E-state index is 0.513. The molecule has 0 atom stereocenters. The molecular formula is C14H20O. The zero-order valence-electron chi connectivity index (χ0n) is 9.71. The second-order valence-corrected chi connectivity index (χ2v) is 4.85. The van der Waals surface area contributed by atoms with E-state index < -0.39 is 0 Å². The molecule has 0 unspecified atom stereocenters. The highest BCUT2D eigenvalue weighted by molar-refractivity contribution is 5.44. The van der Waals surface area contributed by atoms with Gasteiger partial charge in [-0.1, -0.05) is 25.3 Å². The quantitative estimate of drug-likeness (QED) is 0.731. The number of aromatic hydroxyl groups is 1. The highest BCUT2D eigenvalue weighted by atomic mass is 16.3. The molecule has 2 rings (SSSR count). The Hall–Kier alpha value is -0.980. The highest BCUT2D eigenvalue weighted by Crippen LogP contribution is 2.39. The average Bonchev–Trinajstić information content (AvgIpc) is 2.17. The van der Waals surface area contributed by atoms with E-state index in [-0.39, 0.29) is 0 Å². The SMILES string of the molecule is Cc1cc(C)c(C2CCCCC2)c(O)c1. The van der Waals surface area contributed by atoms with Gasteiger partial charge >= 0.3 is 0 Å². The molecule has 0 saturated heterocycles. The smallest absolute Gasteiger partial charge is 0.119 e. The Labute approximate surface area is 92.1 Å². The van der Waals surface area contributed by atoms with Crippen LogP contribution in [-0.2, 0) is 0 Å². The van der Waals surface area contributed by atoms with Crippen molar-refractivity contribution in [2.75, 3.05) is 0 Å². The molecule has 1 N–H and O–H groups in total. The molecule has 0 spiro atoms. The van der Waals surface area contributed by atoms with Crippen LogP contribution in [0.2, 0.25) is 0 Å². The lowest BCUT2D eigenvalue weighted by Gasteiger charge is -2.24. The summed E-state index contributed by atoms with van der Waals surface area (Å²) >= 11 is 0. The predicted octanol–water partition coefficient (Wildman–Crippen LogP) is 4.06. The second-order valence-electron chi connectivity index (χ2n) is 4.85. The van der Waals surface area contributed by atoms with E-state index >= 15 is 0 Å². The van der Waals surface area contributed by atoms with Crippen molar-refractivity contribution in [2.24, 2.45) is 0 Å². The van der Waals surface area contributed by atoms with Gasteiger partial charge < -0.3 is 5.11 Å². The molecule has 1 nitrogen and oxygen atoms in total. The van der Waals surface area contributed by atoms with Crippen molar-refractivity contribution >= 4 is 0 Å². The molecule has 1 heteroatoms. The minimum atomic E-state index is 0.513. The van der Waals surface area contributed by atoms with Crippen molar-refractivity contribution in [1.82, 2.24) is 0 Å². The molecule has 0 amide bonds. The first-order valence-electron chi connectivity index (χ1n) is 5.98. The fraction of sp³-hybridized carbons (Fsp3) is 0.571. The van der Waals surface area contributed by atoms with Crippen molar-refractivity contribution in [3.8, 4) is 5.75 Å². The molecule has 1 aromatic carbocycles. The Kier molecular flexibility index (Phi) is 2.99.